The zero-order valence-corrected chi connectivity index (χ0v) is 13.2. The number of benzene rings is 1. The molecule has 0 radical (unpaired) electrons. The van der Waals surface area contributed by atoms with Gasteiger partial charge >= 0.3 is 0 Å². The molecule has 0 aliphatic heterocycles. The summed E-state index contributed by atoms with van der Waals surface area (Å²) in [6.07, 6.45) is 1.54. The third-order valence-electron chi connectivity index (χ3n) is 3.29. The summed E-state index contributed by atoms with van der Waals surface area (Å²) in [7, 11) is 0. The highest BCUT2D eigenvalue weighted by atomic mass is 19.1. The Hall–Kier alpha value is -3.29. The quantitative estimate of drug-likeness (QED) is 0.740. The molecule has 3 rings (SSSR count). The van der Waals surface area contributed by atoms with E-state index in [9.17, 15) is 13.6 Å². The van der Waals surface area contributed by atoms with Crippen LogP contribution < -0.4 is 10.6 Å². The van der Waals surface area contributed by atoms with E-state index in [1.807, 2.05) is 0 Å². The topological polar surface area (TPSA) is 80.0 Å². The molecule has 6 nitrogen and oxygen atoms in total. The summed E-state index contributed by atoms with van der Waals surface area (Å²) in [5, 5.41) is 5.12. The molecule has 0 bridgehead atoms. The number of rotatable bonds is 5. The van der Waals surface area contributed by atoms with Crippen molar-refractivity contribution in [2.24, 2.45) is 0 Å². The summed E-state index contributed by atoms with van der Waals surface area (Å²) >= 11 is 0. The van der Waals surface area contributed by atoms with Crippen LogP contribution in [0.1, 0.15) is 21.9 Å². The number of nitrogens with zero attached hydrogens (tertiary/aromatic N) is 2. The number of halogens is 2. The maximum atomic E-state index is 13.7. The lowest BCUT2D eigenvalue weighted by Gasteiger charge is -2.09. The van der Waals surface area contributed by atoms with Crippen molar-refractivity contribution in [1.82, 2.24) is 9.97 Å². The highest BCUT2D eigenvalue weighted by Crippen LogP contribution is 2.19. The molecule has 2 heterocycles. The molecule has 0 fully saturated rings. The van der Waals surface area contributed by atoms with E-state index in [0.29, 0.717) is 18.0 Å². The Labute approximate surface area is 141 Å². The predicted molar refractivity (Wildman–Crippen MR) is 87.1 cm³/mol. The summed E-state index contributed by atoms with van der Waals surface area (Å²) < 4.78 is 32.5. The number of aromatic nitrogens is 2. The van der Waals surface area contributed by atoms with Crippen molar-refractivity contribution in [2.75, 3.05) is 10.6 Å². The number of anilines is 2. The number of nitrogens with one attached hydrogen (secondary N) is 2. The van der Waals surface area contributed by atoms with E-state index >= 15 is 0 Å². The normalized spacial score (nSPS) is 10.5. The third-order valence-corrected chi connectivity index (χ3v) is 3.29. The summed E-state index contributed by atoms with van der Waals surface area (Å²) in [4.78, 5) is 20.5. The number of carbonyl (C=O) groups is 1. The van der Waals surface area contributed by atoms with Gasteiger partial charge in [0.1, 0.15) is 28.8 Å². The van der Waals surface area contributed by atoms with Crippen LogP contribution in [0.4, 0.5) is 20.4 Å². The maximum Gasteiger partial charge on any atom is 0.274 e. The fourth-order valence-corrected chi connectivity index (χ4v) is 2.14. The van der Waals surface area contributed by atoms with Crippen LogP contribution in [0.2, 0.25) is 0 Å². The van der Waals surface area contributed by atoms with E-state index in [0.717, 1.165) is 12.1 Å². The molecule has 25 heavy (non-hydrogen) atoms. The summed E-state index contributed by atoms with van der Waals surface area (Å²) in [5.41, 5.74) is -0.0120. The number of amides is 1. The van der Waals surface area contributed by atoms with Gasteiger partial charge in [-0.2, -0.15) is 0 Å². The Balaban J connectivity index is 1.78. The van der Waals surface area contributed by atoms with Gasteiger partial charge in [-0.25, -0.2) is 18.7 Å². The fourth-order valence-electron chi connectivity index (χ4n) is 2.14. The Kier molecular flexibility index (Phi) is 4.69. The minimum Gasteiger partial charge on any atom is -0.467 e. The lowest BCUT2D eigenvalue weighted by Crippen LogP contribution is -2.17. The van der Waals surface area contributed by atoms with Crippen LogP contribution in [0.5, 0.6) is 0 Å². The van der Waals surface area contributed by atoms with E-state index in [4.69, 9.17) is 4.42 Å². The number of para-hydroxylation sites is 1. The van der Waals surface area contributed by atoms with Gasteiger partial charge in [-0.3, -0.25) is 4.79 Å². The minimum absolute atomic E-state index is 0.0166. The van der Waals surface area contributed by atoms with Crippen molar-refractivity contribution in [2.45, 2.75) is 13.5 Å². The monoisotopic (exact) mass is 344 g/mol. The second-order valence-electron chi connectivity index (χ2n) is 5.20. The second kappa shape index (κ2) is 7.08. The Morgan fingerprint density at radius 1 is 1.16 bits per heavy atom. The number of hydrogen-bond donors (Lipinski definition) is 2. The average Bonchev–Trinajstić information content (AvgIpc) is 3.09. The first kappa shape index (κ1) is 16.6. The molecule has 0 saturated carbocycles. The number of hydrogen-bond acceptors (Lipinski definition) is 5. The molecule has 8 heteroatoms. The summed E-state index contributed by atoms with van der Waals surface area (Å²) in [5.74, 6) is -1.60. The van der Waals surface area contributed by atoms with Gasteiger partial charge in [-0.15, -0.1) is 0 Å². The fraction of sp³-hybridized carbons (Fsp3) is 0.118. The van der Waals surface area contributed by atoms with Gasteiger partial charge in [0.05, 0.1) is 12.8 Å². The van der Waals surface area contributed by atoms with Crippen LogP contribution in [0.3, 0.4) is 0 Å². The third kappa shape index (κ3) is 3.97. The largest absolute Gasteiger partial charge is 0.467 e. The molecule has 0 spiro atoms. The van der Waals surface area contributed by atoms with Gasteiger partial charge in [-0.05, 0) is 37.3 Å². The van der Waals surface area contributed by atoms with Crippen LogP contribution in [-0.2, 0) is 6.54 Å². The highest BCUT2D eigenvalue weighted by molar-refractivity contribution is 6.03. The zero-order valence-electron chi connectivity index (χ0n) is 13.2. The van der Waals surface area contributed by atoms with Crippen LogP contribution in [-0.4, -0.2) is 15.9 Å². The number of furan rings is 1. The van der Waals surface area contributed by atoms with E-state index in [1.54, 1.807) is 19.1 Å². The average molecular weight is 344 g/mol. The Morgan fingerprint density at radius 2 is 1.92 bits per heavy atom. The molecule has 0 unspecified atom stereocenters. The molecule has 1 aromatic carbocycles. The molecule has 0 aliphatic carbocycles. The van der Waals surface area contributed by atoms with Gasteiger partial charge in [0.15, 0.2) is 0 Å². The van der Waals surface area contributed by atoms with Gasteiger partial charge in [0.25, 0.3) is 5.91 Å². The molecule has 2 N–H and O–H groups in total. The number of carbonyl (C=O) groups excluding carboxylic acids is 1. The first-order valence-corrected chi connectivity index (χ1v) is 7.40. The van der Waals surface area contributed by atoms with E-state index in [1.165, 1.54) is 18.4 Å². The standard InChI is InChI=1S/C17H14F2N4O2/c1-10-8-14(16(24)23-15-12(18)5-2-6-13(15)19)22-17(21-10)20-9-11-4-3-7-25-11/h2-8H,9H2,1H3,(H,23,24)(H,20,21,22). The van der Waals surface area contributed by atoms with E-state index in [2.05, 4.69) is 20.6 Å². The van der Waals surface area contributed by atoms with Crippen LogP contribution in [0.25, 0.3) is 0 Å². The highest BCUT2D eigenvalue weighted by Gasteiger charge is 2.16. The molecule has 0 aliphatic rings. The number of aryl methyl sites for hydroxylation is 1. The molecular formula is C17H14F2N4O2. The van der Waals surface area contributed by atoms with Gasteiger partial charge in [-0.1, -0.05) is 6.07 Å². The van der Waals surface area contributed by atoms with Crippen LogP contribution >= 0.6 is 0 Å². The van der Waals surface area contributed by atoms with E-state index in [-0.39, 0.29) is 11.6 Å². The van der Waals surface area contributed by atoms with Gasteiger partial charge in [0, 0.05) is 5.69 Å². The van der Waals surface area contributed by atoms with Crippen LogP contribution in [0, 0.1) is 18.6 Å². The summed E-state index contributed by atoms with van der Waals surface area (Å²) in [6.45, 7) is 2.01. The van der Waals surface area contributed by atoms with E-state index < -0.39 is 23.2 Å². The smallest absolute Gasteiger partial charge is 0.274 e. The van der Waals surface area contributed by atoms with Crippen molar-refractivity contribution < 1.29 is 18.0 Å². The van der Waals surface area contributed by atoms with Gasteiger partial charge in [0.2, 0.25) is 5.95 Å². The molecule has 0 saturated heterocycles. The molecule has 0 atom stereocenters. The molecule has 3 aromatic rings. The predicted octanol–water partition coefficient (Wildman–Crippen LogP) is 3.52. The molecular weight excluding hydrogens is 330 g/mol. The van der Waals surface area contributed by atoms with Crippen molar-refractivity contribution in [3.63, 3.8) is 0 Å². The molecule has 2 aromatic heterocycles. The summed E-state index contributed by atoms with van der Waals surface area (Å²) in [6, 6.07) is 8.27. The van der Waals surface area contributed by atoms with Crippen molar-refractivity contribution in [1.29, 1.82) is 0 Å². The van der Waals surface area contributed by atoms with Gasteiger partial charge < -0.3 is 15.1 Å². The lowest BCUT2D eigenvalue weighted by molar-refractivity contribution is 0.102. The first-order valence-electron chi connectivity index (χ1n) is 7.40. The zero-order chi connectivity index (χ0) is 17.8. The molecule has 1 amide bonds. The second-order valence-corrected chi connectivity index (χ2v) is 5.20. The van der Waals surface area contributed by atoms with Crippen molar-refractivity contribution in [3.05, 3.63) is 71.4 Å². The Morgan fingerprint density at radius 3 is 2.60 bits per heavy atom. The maximum absolute atomic E-state index is 13.7. The van der Waals surface area contributed by atoms with Crippen molar-refractivity contribution >= 4 is 17.5 Å². The minimum atomic E-state index is -0.865. The molecule has 128 valence electrons. The SMILES string of the molecule is Cc1cc(C(=O)Nc2c(F)cccc2F)nc(NCc2ccco2)n1. The van der Waals surface area contributed by atoms with Crippen molar-refractivity contribution in [3.8, 4) is 0 Å². The lowest BCUT2D eigenvalue weighted by atomic mass is 10.2. The Bertz CT molecular complexity index is 877. The first-order chi connectivity index (χ1) is 12.0. The van der Waals surface area contributed by atoms with Crippen LogP contribution in [0.15, 0.2) is 47.1 Å².